The molecule has 7 rings (SSSR count). The van der Waals surface area contributed by atoms with E-state index in [2.05, 4.69) is 41.5 Å². The molecule has 3 aromatic carbocycles. The Labute approximate surface area is 409 Å². The number of nitrogens with zero attached hydrogens (tertiary/aromatic N) is 5. The molecule has 0 spiro atoms. The van der Waals surface area contributed by atoms with Crippen LogP contribution in [0.25, 0.3) is 10.4 Å². The average molecular weight is 985 g/mol. The van der Waals surface area contributed by atoms with Gasteiger partial charge in [0.15, 0.2) is 0 Å². The lowest BCUT2D eigenvalue weighted by molar-refractivity contribution is -0.144. The van der Waals surface area contributed by atoms with Crippen molar-refractivity contribution < 1.29 is 42.2 Å². The predicted octanol–water partition coefficient (Wildman–Crippen LogP) is 6.88. The number of likely N-dealkylation sites (tertiary alicyclic amines) is 1. The van der Waals surface area contributed by atoms with E-state index < -0.39 is 47.2 Å². The van der Waals surface area contributed by atoms with Gasteiger partial charge in [0, 0.05) is 70.2 Å². The van der Waals surface area contributed by atoms with Crippen LogP contribution in [0.2, 0.25) is 0 Å². The highest BCUT2D eigenvalue weighted by molar-refractivity contribution is 7.13. The van der Waals surface area contributed by atoms with Crippen molar-refractivity contribution in [3.05, 3.63) is 107 Å². The summed E-state index contributed by atoms with van der Waals surface area (Å²) in [6.07, 6.45) is -4.85. The number of aliphatic hydroxyl groups excluding tert-OH is 1. The number of hydrogen-bond donors (Lipinski definition) is 6. The SMILES string of the molecule is CNC(=O)c1ccccc1Nc1cc(Nc2ccc(N3CCN(CC(=O)N[C@H](C(=O)N4C[C@H](O)C[C@H]4C(=O)N[C@@H](C)c4ccc(-c5scnc5C)cc4)C(C)(C)C)CC3)cc2OC)ncc1C(F)(F)F. The number of ether oxygens (including phenoxy) is 1. The minimum absolute atomic E-state index is 0.0274. The number of aryl methyl sites for hydroxylation is 1. The number of halogens is 3. The fourth-order valence-electron chi connectivity index (χ4n) is 8.63. The third-order valence-electron chi connectivity index (χ3n) is 12.5. The number of amides is 4. The molecule has 0 saturated carbocycles. The minimum Gasteiger partial charge on any atom is -0.494 e. The number of aromatic nitrogens is 2. The summed E-state index contributed by atoms with van der Waals surface area (Å²) in [5.74, 6) is -1.15. The Morgan fingerprint density at radius 3 is 2.26 bits per heavy atom. The monoisotopic (exact) mass is 984 g/mol. The van der Waals surface area contributed by atoms with E-state index in [9.17, 15) is 37.5 Å². The fraction of sp³-hybridized carbons (Fsp3) is 0.400. The van der Waals surface area contributed by atoms with Gasteiger partial charge < -0.3 is 46.2 Å². The predicted molar refractivity (Wildman–Crippen MR) is 264 cm³/mol. The molecule has 4 heterocycles. The zero-order valence-corrected chi connectivity index (χ0v) is 40.9. The van der Waals surface area contributed by atoms with Crippen LogP contribution in [-0.2, 0) is 20.6 Å². The molecule has 5 aromatic rings. The molecule has 372 valence electrons. The van der Waals surface area contributed by atoms with E-state index >= 15 is 0 Å². The van der Waals surface area contributed by atoms with Gasteiger partial charge in [0.1, 0.15) is 23.7 Å². The molecule has 2 aromatic heterocycles. The molecule has 4 amide bonds. The van der Waals surface area contributed by atoms with Crippen molar-refractivity contribution in [2.75, 3.05) is 69.0 Å². The summed E-state index contributed by atoms with van der Waals surface area (Å²) in [7, 11) is 2.91. The largest absolute Gasteiger partial charge is 0.494 e. The van der Waals surface area contributed by atoms with Crippen LogP contribution in [0.1, 0.15) is 67.3 Å². The third kappa shape index (κ3) is 12.0. The van der Waals surface area contributed by atoms with Crippen molar-refractivity contribution in [2.24, 2.45) is 5.41 Å². The highest BCUT2D eigenvalue weighted by Gasteiger charge is 2.45. The highest BCUT2D eigenvalue weighted by Crippen LogP contribution is 2.39. The molecule has 16 nitrogen and oxygen atoms in total. The van der Waals surface area contributed by atoms with Crippen LogP contribution in [0.3, 0.4) is 0 Å². The number of aliphatic hydroxyl groups is 1. The van der Waals surface area contributed by atoms with Gasteiger partial charge in [-0.05, 0) is 54.7 Å². The standard InChI is InChI=1S/C50H59F3N10O6S/c1-29(31-12-14-32(15-13-31)44-30(2)56-28-70-44)57-47(67)40-23-34(64)26-63(40)48(68)45(49(3,4)5)60-43(65)27-61-18-20-62(21-19-61)33-16-17-38(41(22-33)69-7)59-42-24-39(36(25-55-42)50(51,52)53)58-37-11-9-8-10-35(37)46(66)54-6/h8-17,22,24-25,28-29,34,40,45,64H,18-21,23,26-27H2,1-7H3,(H,54,66)(H,57,67)(H,60,65)(H2,55,58,59)/t29-,34+,40-,45+/m0/s1. The number of thiazole rings is 1. The second-order valence-electron chi connectivity index (χ2n) is 18.5. The van der Waals surface area contributed by atoms with Gasteiger partial charge in [-0.15, -0.1) is 11.3 Å². The second-order valence-corrected chi connectivity index (χ2v) is 19.4. The van der Waals surface area contributed by atoms with Gasteiger partial charge in [-0.25, -0.2) is 9.97 Å². The van der Waals surface area contributed by atoms with E-state index in [4.69, 9.17) is 4.74 Å². The van der Waals surface area contributed by atoms with Gasteiger partial charge in [-0.1, -0.05) is 57.2 Å². The van der Waals surface area contributed by atoms with Crippen molar-refractivity contribution in [3.8, 4) is 16.2 Å². The number of alkyl halides is 3. The molecule has 0 aliphatic carbocycles. The van der Waals surface area contributed by atoms with Gasteiger partial charge in [0.25, 0.3) is 5.91 Å². The number of carbonyl (C=O) groups excluding carboxylic acids is 4. The van der Waals surface area contributed by atoms with E-state index in [1.54, 1.807) is 41.1 Å². The fourth-order valence-corrected chi connectivity index (χ4v) is 9.44. The van der Waals surface area contributed by atoms with E-state index in [1.165, 1.54) is 37.3 Å². The number of benzene rings is 3. The number of hydrogen-bond acceptors (Lipinski definition) is 13. The lowest BCUT2D eigenvalue weighted by Gasteiger charge is -2.38. The van der Waals surface area contributed by atoms with Crippen LogP contribution in [0, 0.1) is 12.3 Å². The highest BCUT2D eigenvalue weighted by atomic mass is 32.1. The normalized spacial score (nSPS) is 17.4. The molecule has 0 unspecified atom stereocenters. The van der Waals surface area contributed by atoms with Gasteiger partial charge in [-0.2, -0.15) is 13.2 Å². The quantitative estimate of drug-likeness (QED) is 0.0638. The van der Waals surface area contributed by atoms with Gasteiger partial charge in [-0.3, -0.25) is 24.1 Å². The summed E-state index contributed by atoms with van der Waals surface area (Å²) < 4.78 is 48.1. The summed E-state index contributed by atoms with van der Waals surface area (Å²) >= 11 is 1.56. The van der Waals surface area contributed by atoms with E-state index in [1.807, 2.05) is 69.9 Å². The Kier molecular flexibility index (Phi) is 15.7. The Hall–Kier alpha value is -6.77. The third-order valence-corrected chi connectivity index (χ3v) is 13.5. The molecular formula is C50H59F3N10O6S. The van der Waals surface area contributed by atoms with Crippen molar-refractivity contribution in [2.45, 2.75) is 71.4 Å². The lowest BCUT2D eigenvalue weighted by atomic mass is 9.85. The second kappa shape index (κ2) is 21.5. The number of piperazine rings is 1. The van der Waals surface area contributed by atoms with E-state index in [0.717, 1.165) is 33.6 Å². The lowest BCUT2D eigenvalue weighted by Crippen LogP contribution is -2.59. The molecule has 6 N–H and O–H groups in total. The summed E-state index contributed by atoms with van der Waals surface area (Å²) in [5, 5.41) is 25.0. The first-order valence-electron chi connectivity index (χ1n) is 22.9. The number of rotatable bonds is 15. The summed E-state index contributed by atoms with van der Waals surface area (Å²) in [6.45, 7) is 11.5. The zero-order valence-electron chi connectivity index (χ0n) is 40.1. The van der Waals surface area contributed by atoms with Crippen LogP contribution >= 0.6 is 11.3 Å². The summed E-state index contributed by atoms with van der Waals surface area (Å²) in [4.78, 5) is 69.1. The molecule has 0 radical (unpaired) electrons. The summed E-state index contributed by atoms with van der Waals surface area (Å²) in [6, 6.07) is 18.4. The Morgan fingerprint density at radius 1 is 0.900 bits per heavy atom. The Morgan fingerprint density at radius 2 is 1.61 bits per heavy atom. The minimum atomic E-state index is -4.74. The smallest absolute Gasteiger partial charge is 0.419 e. The van der Waals surface area contributed by atoms with Crippen molar-refractivity contribution in [1.82, 2.24) is 35.7 Å². The number of nitrogens with one attached hydrogen (secondary N) is 5. The first kappa shape index (κ1) is 51.1. The summed E-state index contributed by atoms with van der Waals surface area (Å²) in [5.41, 5.74) is 4.22. The average Bonchev–Trinajstić information content (AvgIpc) is 3.95. The first-order chi connectivity index (χ1) is 33.2. The van der Waals surface area contributed by atoms with Crippen molar-refractivity contribution in [1.29, 1.82) is 0 Å². The van der Waals surface area contributed by atoms with Crippen molar-refractivity contribution in [3.63, 3.8) is 0 Å². The molecule has 2 fully saturated rings. The maximum Gasteiger partial charge on any atom is 0.419 e. The molecule has 70 heavy (non-hydrogen) atoms. The molecule has 4 atom stereocenters. The molecule has 20 heteroatoms. The van der Waals surface area contributed by atoms with Crippen LogP contribution in [-0.4, -0.2) is 120 Å². The molecule has 0 bridgehead atoms. The van der Waals surface area contributed by atoms with E-state index in [-0.39, 0.29) is 60.1 Å². The molecule has 2 saturated heterocycles. The first-order valence-corrected chi connectivity index (χ1v) is 23.8. The maximum atomic E-state index is 14.3. The number of methoxy groups -OCH3 is 1. The van der Waals surface area contributed by atoms with Crippen LogP contribution < -0.4 is 36.2 Å². The van der Waals surface area contributed by atoms with Crippen molar-refractivity contribution >= 4 is 63.5 Å². The van der Waals surface area contributed by atoms with Crippen LogP contribution in [0.4, 0.5) is 41.7 Å². The number of β-amino-alcohol motifs (C(OH)–C–C–N with tert-alkyl or cyclic N) is 1. The van der Waals surface area contributed by atoms with Crippen LogP contribution in [0.15, 0.2) is 84.5 Å². The number of pyridine rings is 1. The van der Waals surface area contributed by atoms with Gasteiger partial charge in [0.05, 0.1) is 70.1 Å². The zero-order chi connectivity index (χ0) is 50.5. The van der Waals surface area contributed by atoms with Crippen LogP contribution in [0.5, 0.6) is 5.75 Å². The number of carbonyl (C=O) groups is 4. The number of anilines is 5. The number of para-hydroxylation sites is 1. The van der Waals surface area contributed by atoms with Gasteiger partial charge in [0.2, 0.25) is 17.7 Å². The Bertz CT molecular complexity index is 2690. The van der Waals surface area contributed by atoms with Gasteiger partial charge >= 0.3 is 6.18 Å². The van der Waals surface area contributed by atoms with E-state index in [0.29, 0.717) is 37.6 Å². The molecule has 2 aliphatic rings. The Balaban J connectivity index is 0.949. The topological polar surface area (TPSA) is 193 Å². The maximum absolute atomic E-state index is 14.3. The molecular weight excluding hydrogens is 926 g/mol. The molecule has 2 aliphatic heterocycles.